The van der Waals surface area contributed by atoms with Crippen molar-refractivity contribution in [2.75, 3.05) is 0 Å². The third kappa shape index (κ3) is 4.19. The van der Waals surface area contributed by atoms with Gasteiger partial charge in [0.2, 0.25) is 0 Å². The fourth-order valence-corrected chi connectivity index (χ4v) is 3.41. The van der Waals surface area contributed by atoms with Gasteiger partial charge in [0, 0.05) is 17.1 Å². The Labute approximate surface area is 140 Å². The number of hydrogen-bond donors (Lipinski definition) is 1. The Kier molecular flexibility index (Phi) is 6.06. The van der Waals surface area contributed by atoms with Gasteiger partial charge in [0.1, 0.15) is 5.01 Å². The molecule has 2 aromatic rings. The van der Waals surface area contributed by atoms with Gasteiger partial charge in [-0.25, -0.2) is 4.98 Å². The summed E-state index contributed by atoms with van der Waals surface area (Å²) in [5, 5.41) is 5.95. The van der Waals surface area contributed by atoms with Gasteiger partial charge in [-0.15, -0.1) is 11.3 Å². The number of rotatable bonds is 6. The number of thiazole rings is 1. The van der Waals surface area contributed by atoms with Gasteiger partial charge >= 0.3 is 0 Å². The largest absolute Gasteiger partial charge is 0.301 e. The molecule has 1 aromatic carbocycles. The molecule has 0 spiro atoms. The highest BCUT2D eigenvalue weighted by molar-refractivity contribution is 7.11. The van der Waals surface area contributed by atoms with Crippen LogP contribution in [-0.4, -0.2) is 4.98 Å². The lowest BCUT2D eigenvalue weighted by Gasteiger charge is -2.22. The van der Waals surface area contributed by atoms with Crippen molar-refractivity contribution in [3.63, 3.8) is 0 Å². The highest BCUT2D eigenvalue weighted by Crippen LogP contribution is 2.29. The van der Waals surface area contributed by atoms with Crippen molar-refractivity contribution in [3.8, 4) is 0 Å². The summed E-state index contributed by atoms with van der Waals surface area (Å²) in [6.45, 7) is 6.46. The molecule has 114 valence electrons. The summed E-state index contributed by atoms with van der Waals surface area (Å²) < 4.78 is 0. The first-order chi connectivity index (χ1) is 10.0. The van der Waals surface area contributed by atoms with E-state index in [4.69, 9.17) is 23.2 Å². The minimum Gasteiger partial charge on any atom is -0.301 e. The quantitative estimate of drug-likeness (QED) is 0.715. The summed E-state index contributed by atoms with van der Waals surface area (Å²) in [6.07, 6.45) is 3.99. The molecule has 1 aromatic heterocycles. The van der Waals surface area contributed by atoms with E-state index in [-0.39, 0.29) is 12.1 Å². The van der Waals surface area contributed by atoms with E-state index < -0.39 is 0 Å². The molecule has 2 nitrogen and oxygen atoms in total. The number of halogens is 2. The molecular weight excluding hydrogens is 323 g/mol. The smallest absolute Gasteiger partial charge is 0.109 e. The zero-order valence-corrected chi connectivity index (χ0v) is 14.8. The Morgan fingerprint density at radius 3 is 2.57 bits per heavy atom. The summed E-state index contributed by atoms with van der Waals surface area (Å²) in [4.78, 5) is 5.83. The average molecular weight is 343 g/mol. The van der Waals surface area contributed by atoms with Crippen molar-refractivity contribution in [1.82, 2.24) is 10.3 Å². The molecule has 5 heteroatoms. The van der Waals surface area contributed by atoms with Crippen LogP contribution in [0.1, 0.15) is 54.7 Å². The van der Waals surface area contributed by atoms with Gasteiger partial charge < -0.3 is 5.32 Å². The van der Waals surface area contributed by atoms with Crippen molar-refractivity contribution in [1.29, 1.82) is 0 Å². The van der Waals surface area contributed by atoms with Crippen molar-refractivity contribution >= 4 is 34.5 Å². The molecule has 0 saturated carbocycles. The number of aromatic nitrogens is 1. The number of aryl methyl sites for hydroxylation is 1. The maximum atomic E-state index is 6.12. The van der Waals surface area contributed by atoms with E-state index in [1.165, 1.54) is 4.88 Å². The first kappa shape index (κ1) is 16.8. The molecule has 0 fully saturated rings. The summed E-state index contributed by atoms with van der Waals surface area (Å²) in [5.41, 5.74) is 1.16. The van der Waals surface area contributed by atoms with Crippen LogP contribution < -0.4 is 5.32 Å². The van der Waals surface area contributed by atoms with Crippen LogP contribution in [0.2, 0.25) is 10.0 Å². The number of nitrogens with one attached hydrogen (secondary N) is 1. The number of nitrogens with zero attached hydrogens (tertiary/aromatic N) is 1. The third-order valence-corrected chi connectivity index (χ3v) is 5.56. The van der Waals surface area contributed by atoms with E-state index >= 15 is 0 Å². The molecule has 0 saturated heterocycles. The molecule has 0 aliphatic heterocycles. The van der Waals surface area contributed by atoms with E-state index in [0.29, 0.717) is 10.0 Å². The van der Waals surface area contributed by atoms with Gasteiger partial charge in [-0.05, 0) is 37.5 Å². The first-order valence-corrected chi connectivity index (χ1v) is 8.78. The summed E-state index contributed by atoms with van der Waals surface area (Å²) >= 11 is 13.9. The second-order valence-electron chi connectivity index (χ2n) is 5.04. The van der Waals surface area contributed by atoms with E-state index in [1.54, 1.807) is 11.3 Å². The van der Waals surface area contributed by atoms with Gasteiger partial charge in [0.25, 0.3) is 0 Å². The standard InChI is InChI=1S/C16H20Cl2N2S/c1-4-12-9-19-16(21-12)10(3)20-15(5-2)11-6-7-13(17)14(18)8-11/h6-10,15,20H,4-5H2,1-3H3. The lowest BCUT2D eigenvalue weighted by molar-refractivity contribution is 0.455. The van der Waals surface area contributed by atoms with Crippen LogP contribution in [0.25, 0.3) is 0 Å². The van der Waals surface area contributed by atoms with Crippen LogP contribution in [0.4, 0.5) is 0 Å². The molecule has 1 N–H and O–H groups in total. The SMILES string of the molecule is CCc1cnc(C(C)NC(CC)c2ccc(Cl)c(Cl)c2)s1. The molecule has 1 heterocycles. The number of hydrogen-bond acceptors (Lipinski definition) is 3. The molecule has 2 rings (SSSR count). The van der Waals surface area contributed by atoms with E-state index in [9.17, 15) is 0 Å². The first-order valence-electron chi connectivity index (χ1n) is 7.20. The average Bonchev–Trinajstić information content (AvgIpc) is 2.96. The predicted molar refractivity (Wildman–Crippen MR) is 92.5 cm³/mol. The molecule has 0 radical (unpaired) electrons. The zero-order valence-electron chi connectivity index (χ0n) is 12.5. The van der Waals surface area contributed by atoms with Gasteiger partial charge in [-0.1, -0.05) is 43.1 Å². The Bertz CT molecular complexity index is 598. The second-order valence-corrected chi connectivity index (χ2v) is 7.00. The normalized spacial score (nSPS) is 14.1. The molecule has 2 unspecified atom stereocenters. The van der Waals surface area contributed by atoms with Crippen molar-refractivity contribution in [2.45, 2.75) is 45.7 Å². The van der Waals surface area contributed by atoms with E-state index in [2.05, 4.69) is 31.1 Å². The molecular formula is C16H20Cl2N2S. The Morgan fingerprint density at radius 2 is 2.00 bits per heavy atom. The summed E-state index contributed by atoms with van der Waals surface area (Å²) in [7, 11) is 0. The Hall–Kier alpha value is -0.610. The minimum atomic E-state index is 0.217. The maximum absolute atomic E-state index is 6.12. The lowest BCUT2D eigenvalue weighted by Crippen LogP contribution is -2.24. The molecule has 0 amide bonds. The van der Waals surface area contributed by atoms with Gasteiger partial charge in [-0.2, -0.15) is 0 Å². The van der Waals surface area contributed by atoms with E-state index in [0.717, 1.165) is 23.4 Å². The predicted octanol–water partition coefficient (Wildman–Crippen LogP) is 5.81. The van der Waals surface area contributed by atoms with Crippen LogP contribution in [0.5, 0.6) is 0 Å². The summed E-state index contributed by atoms with van der Waals surface area (Å²) in [6, 6.07) is 6.28. The fraction of sp³-hybridized carbons (Fsp3) is 0.438. The molecule has 0 aliphatic carbocycles. The third-order valence-electron chi connectivity index (χ3n) is 3.50. The van der Waals surface area contributed by atoms with Crippen molar-refractivity contribution < 1.29 is 0 Å². The number of benzene rings is 1. The Morgan fingerprint density at radius 1 is 1.24 bits per heavy atom. The highest BCUT2D eigenvalue weighted by atomic mass is 35.5. The monoisotopic (exact) mass is 342 g/mol. The van der Waals surface area contributed by atoms with Crippen LogP contribution in [-0.2, 0) is 6.42 Å². The van der Waals surface area contributed by atoms with Gasteiger partial charge in [0.15, 0.2) is 0 Å². The lowest BCUT2D eigenvalue weighted by atomic mass is 10.0. The van der Waals surface area contributed by atoms with Crippen LogP contribution in [0.3, 0.4) is 0 Å². The minimum absolute atomic E-state index is 0.217. The molecule has 0 bridgehead atoms. The van der Waals surface area contributed by atoms with E-state index in [1.807, 2.05) is 24.4 Å². The maximum Gasteiger partial charge on any atom is 0.109 e. The summed E-state index contributed by atoms with van der Waals surface area (Å²) in [5.74, 6) is 0. The highest BCUT2D eigenvalue weighted by Gasteiger charge is 2.17. The molecule has 0 aliphatic rings. The van der Waals surface area contributed by atoms with Crippen LogP contribution >= 0.6 is 34.5 Å². The van der Waals surface area contributed by atoms with Gasteiger partial charge in [-0.3, -0.25) is 0 Å². The van der Waals surface area contributed by atoms with Crippen molar-refractivity contribution in [3.05, 3.63) is 49.9 Å². The topological polar surface area (TPSA) is 24.9 Å². The molecule has 21 heavy (non-hydrogen) atoms. The fourth-order valence-electron chi connectivity index (χ4n) is 2.24. The van der Waals surface area contributed by atoms with Crippen LogP contribution in [0, 0.1) is 0 Å². The Balaban J connectivity index is 2.12. The molecule has 2 atom stereocenters. The zero-order chi connectivity index (χ0) is 15.4. The van der Waals surface area contributed by atoms with Crippen molar-refractivity contribution in [2.24, 2.45) is 0 Å². The second kappa shape index (κ2) is 7.59. The van der Waals surface area contributed by atoms with Gasteiger partial charge in [0.05, 0.1) is 16.1 Å². The van der Waals surface area contributed by atoms with Crippen LogP contribution in [0.15, 0.2) is 24.4 Å².